The van der Waals surface area contributed by atoms with E-state index in [2.05, 4.69) is 10.4 Å². The van der Waals surface area contributed by atoms with Crippen LogP contribution in [0.5, 0.6) is 0 Å². The fraction of sp³-hybridized carbons (Fsp3) is 0.727. The summed E-state index contributed by atoms with van der Waals surface area (Å²) in [5, 5.41) is 7.49. The van der Waals surface area contributed by atoms with E-state index in [1.165, 1.54) is 11.8 Å². The van der Waals surface area contributed by atoms with E-state index < -0.39 is 9.84 Å². The molecule has 0 spiro atoms. The molecule has 1 N–H and O–H groups in total. The summed E-state index contributed by atoms with van der Waals surface area (Å²) < 4.78 is 24.1. The van der Waals surface area contributed by atoms with E-state index in [1.54, 1.807) is 4.68 Å². The second-order valence-electron chi connectivity index (χ2n) is 4.36. The van der Waals surface area contributed by atoms with E-state index in [0.717, 1.165) is 24.4 Å². The predicted molar refractivity (Wildman–Crippen MR) is 69.0 cm³/mol. The van der Waals surface area contributed by atoms with Gasteiger partial charge in [-0.1, -0.05) is 0 Å². The zero-order valence-electron chi connectivity index (χ0n) is 10.9. The Balaban J connectivity index is 2.81. The van der Waals surface area contributed by atoms with Crippen LogP contribution in [0.4, 0.5) is 0 Å². The average Bonchev–Trinajstić information content (AvgIpc) is 2.48. The minimum absolute atomic E-state index is 0.139. The zero-order valence-corrected chi connectivity index (χ0v) is 11.8. The predicted octanol–water partition coefficient (Wildman–Crippen LogP) is 0.306. The first-order valence-electron chi connectivity index (χ1n) is 5.70. The molecule has 98 valence electrons. The lowest BCUT2D eigenvalue weighted by Gasteiger charge is -2.04. The average molecular weight is 259 g/mol. The molecule has 0 saturated heterocycles. The number of likely N-dealkylation sites (N-methyl/N-ethyl adjacent to an activating group) is 1. The van der Waals surface area contributed by atoms with Gasteiger partial charge in [0.2, 0.25) is 0 Å². The van der Waals surface area contributed by atoms with E-state index in [-0.39, 0.29) is 5.75 Å². The fourth-order valence-electron chi connectivity index (χ4n) is 1.82. The van der Waals surface area contributed by atoms with E-state index in [4.69, 9.17) is 0 Å². The Morgan fingerprint density at radius 2 is 2.00 bits per heavy atom. The Labute approximate surface area is 103 Å². The molecule has 1 aromatic rings. The summed E-state index contributed by atoms with van der Waals surface area (Å²) in [5.74, 6) is 0.139. The Bertz CT molecular complexity index is 477. The standard InChI is InChI=1S/C11H21N3O2S/c1-9-11(5-6-12-3)10(2)14(13-9)7-8-17(4,15)16/h12H,5-8H2,1-4H3. The minimum atomic E-state index is -2.93. The number of nitrogens with one attached hydrogen (secondary N) is 1. The van der Waals surface area contributed by atoms with Crippen LogP contribution in [0.25, 0.3) is 0 Å². The molecular weight excluding hydrogens is 238 g/mol. The SMILES string of the molecule is CNCCc1c(C)nn(CCS(C)(=O)=O)c1C. The van der Waals surface area contributed by atoms with E-state index >= 15 is 0 Å². The number of aryl methyl sites for hydroxylation is 2. The van der Waals surface area contributed by atoms with Crippen molar-refractivity contribution in [3.05, 3.63) is 17.0 Å². The second kappa shape index (κ2) is 5.64. The fourth-order valence-corrected chi connectivity index (χ4v) is 2.32. The Morgan fingerprint density at radius 3 is 2.53 bits per heavy atom. The van der Waals surface area contributed by atoms with Crippen LogP contribution in [-0.2, 0) is 22.8 Å². The van der Waals surface area contributed by atoms with Crippen LogP contribution in [0.3, 0.4) is 0 Å². The smallest absolute Gasteiger partial charge is 0.149 e. The maximum Gasteiger partial charge on any atom is 0.149 e. The van der Waals surface area contributed by atoms with Gasteiger partial charge in [-0.05, 0) is 39.4 Å². The number of hydrogen-bond acceptors (Lipinski definition) is 4. The molecule has 0 radical (unpaired) electrons. The third kappa shape index (κ3) is 4.12. The Kier molecular flexibility index (Phi) is 4.70. The van der Waals surface area contributed by atoms with Crippen LogP contribution in [0.15, 0.2) is 0 Å². The summed E-state index contributed by atoms with van der Waals surface area (Å²) in [4.78, 5) is 0. The summed E-state index contributed by atoms with van der Waals surface area (Å²) in [6, 6.07) is 0. The minimum Gasteiger partial charge on any atom is -0.319 e. The first kappa shape index (κ1) is 14.2. The molecule has 0 aliphatic heterocycles. The maximum absolute atomic E-state index is 11.1. The third-order valence-electron chi connectivity index (χ3n) is 2.83. The van der Waals surface area contributed by atoms with Crippen LogP contribution in [0, 0.1) is 13.8 Å². The van der Waals surface area contributed by atoms with Gasteiger partial charge in [0, 0.05) is 11.9 Å². The van der Waals surface area contributed by atoms with E-state index in [9.17, 15) is 8.42 Å². The van der Waals surface area contributed by atoms with Gasteiger partial charge >= 0.3 is 0 Å². The Morgan fingerprint density at radius 1 is 1.35 bits per heavy atom. The molecule has 0 atom stereocenters. The van der Waals surface area contributed by atoms with E-state index in [1.807, 2.05) is 20.9 Å². The van der Waals surface area contributed by atoms with Crippen molar-refractivity contribution >= 4 is 9.84 Å². The van der Waals surface area contributed by atoms with Crippen LogP contribution in [0.1, 0.15) is 17.0 Å². The molecule has 0 fully saturated rings. The van der Waals surface area contributed by atoms with Crippen molar-refractivity contribution in [3.63, 3.8) is 0 Å². The highest BCUT2D eigenvalue weighted by Gasteiger charge is 2.12. The molecule has 0 saturated carbocycles. The van der Waals surface area contributed by atoms with Gasteiger partial charge in [-0.25, -0.2) is 8.42 Å². The molecule has 1 aromatic heterocycles. The van der Waals surface area contributed by atoms with Gasteiger partial charge in [0.05, 0.1) is 18.0 Å². The van der Waals surface area contributed by atoms with Gasteiger partial charge in [-0.2, -0.15) is 5.10 Å². The molecule has 0 aliphatic carbocycles. The molecule has 1 heterocycles. The summed E-state index contributed by atoms with van der Waals surface area (Å²) in [7, 11) is -1.02. The summed E-state index contributed by atoms with van der Waals surface area (Å²) in [5.41, 5.74) is 3.28. The van der Waals surface area contributed by atoms with Gasteiger partial charge in [-0.3, -0.25) is 4.68 Å². The second-order valence-corrected chi connectivity index (χ2v) is 6.62. The van der Waals surface area contributed by atoms with Gasteiger partial charge in [0.15, 0.2) is 0 Å². The van der Waals surface area contributed by atoms with Gasteiger partial charge in [-0.15, -0.1) is 0 Å². The van der Waals surface area contributed by atoms with Crippen molar-refractivity contribution in [1.29, 1.82) is 0 Å². The highest BCUT2D eigenvalue weighted by molar-refractivity contribution is 7.90. The quantitative estimate of drug-likeness (QED) is 0.798. The molecule has 0 amide bonds. The Hall–Kier alpha value is -0.880. The summed E-state index contributed by atoms with van der Waals surface area (Å²) in [6.07, 6.45) is 2.17. The molecule has 0 aliphatic rings. The van der Waals surface area contributed by atoms with Crippen LogP contribution < -0.4 is 5.32 Å². The normalized spacial score (nSPS) is 12.0. The van der Waals surface area contributed by atoms with Crippen molar-refractivity contribution in [2.75, 3.05) is 25.6 Å². The van der Waals surface area contributed by atoms with E-state index in [0.29, 0.717) is 6.54 Å². The highest BCUT2D eigenvalue weighted by atomic mass is 32.2. The maximum atomic E-state index is 11.1. The van der Waals surface area contributed by atoms with Crippen molar-refractivity contribution in [1.82, 2.24) is 15.1 Å². The van der Waals surface area contributed by atoms with Crippen molar-refractivity contribution in [2.24, 2.45) is 0 Å². The van der Waals surface area contributed by atoms with Crippen LogP contribution >= 0.6 is 0 Å². The van der Waals surface area contributed by atoms with Crippen LogP contribution in [-0.4, -0.2) is 43.8 Å². The summed E-state index contributed by atoms with van der Waals surface area (Å²) >= 11 is 0. The molecule has 0 aromatic carbocycles. The molecule has 6 heteroatoms. The van der Waals surface area contributed by atoms with Crippen molar-refractivity contribution in [3.8, 4) is 0 Å². The highest BCUT2D eigenvalue weighted by Crippen LogP contribution is 2.13. The third-order valence-corrected chi connectivity index (χ3v) is 3.75. The van der Waals surface area contributed by atoms with Gasteiger partial charge in [0.25, 0.3) is 0 Å². The molecular formula is C11H21N3O2S. The lowest BCUT2D eigenvalue weighted by molar-refractivity contribution is 0.581. The van der Waals surface area contributed by atoms with Crippen molar-refractivity contribution < 1.29 is 8.42 Å². The topological polar surface area (TPSA) is 64.0 Å². The number of aromatic nitrogens is 2. The number of hydrogen-bond donors (Lipinski definition) is 1. The molecule has 0 unspecified atom stereocenters. The van der Waals surface area contributed by atoms with Crippen LogP contribution in [0.2, 0.25) is 0 Å². The number of rotatable bonds is 6. The zero-order chi connectivity index (χ0) is 13.1. The first-order chi connectivity index (χ1) is 7.85. The number of sulfone groups is 1. The number of nitrogens with zero attached hydrogens (tertiary/aromatic N) is 2. The van der Waals surface area contributed by atoms with Crippen molar-refractivity contribution in [2.45, 2.75) is 26.8 Å². The monoisotopic (exact) mass is 259 g/mol. The summed E-state index contributed by atoms with van der Waals surface area (Å²) in [6.45, 7) is 5.30. The molecule has 0 bridgehead atoms. The van der Waals surface area contributed by atoms with Gasteiger partial charge in [0.1, 0.15) is 9.84 Å². The lowest BCUT2D eigenvalue weighted by atomic mass is 10.1. The largest absolute Gasteiger partial charge is 0.319 e. The lowest BCUT2D eigenvalue weighted by Crippen LogP contribution is -2.14. The van der Waals surface area contributed by atoms with Gasteiger partial charge < -0.3 is 5.32 Å². The molecule has 1 rings (SSSR count). The molecule has 17 heavy (non-hydrogen) atoms. The molecule has 5 nitrogen and oxygen atoms in total. The first-order valence-corrected chi connectivity index (χ1v) is 7.76.